The number of hydrogen-bond donors (Lipinski definition) is 2. The Bertz CT molecular complexity index is 871. The fourth-order valence-corrected chi connectivity index (χ4v) is 3.11. The molecule has 2 aromatic carbocycles. The monoisotopic (exact) mass is 393 g/mol. The van der Waals surface area contributed by atoms with Gasteiger partial charge < -0.3 is 20.3 Å². The first kappa shape index (κ1) is 20.5. The van der Waals surface area contributed by atoms with Crippen LogP contribution in [0.25, 0.3) is 0 Å². The summed E-state index contributed by atoms with van der Waals surface area (Å²) in [6.45, 7) is 7.86. The molecule has 1 aliphatic rings. The lowest BCUT2D eigenvalue weighted by Gasteiger charge is -2.15. The van der Waals surface area contributed by atoms with Crippen LogP contribution in [0.4, 0.5) is 11.4 Å². The quantitative estimate of drug-likeness (QED) is 0.667. The first-order valence-electron chi connectivity index (χ1n) is 9.82. The summed E-state index contributed by atoms with van der Waals surface area (Å²) >= 11 is 0. The first-order valence-corrected chi connectivity index (χ1v) is 9.82. The third-order valence-electron chi connectivity index (χ3n) is 4.61. The molecule has 1 saturated heterocycles. The summed E-state index contributed by atoms with van der Waals surface area (Å²) in [5.74, 6) is 0.486. The number of hydrogen-bond acceptors (Lipinski definition) is 4. The Balaban J connectivity index is 1.52. The maximum absolute atomic E-state index is 12.4. The van der Waals surface area contributed by atoms with Gasteiger partial charge in [-0.1, -0.05) is 18.7 Å². The third-order valence-corrected chi connectivity index (χ3v) is 4.61. The van der Waals surface area contributed by atoms with Gasteiger partial charge in [0.15, 0.2) is 0 Å². The van der Waals surface area contributed by atoms with E-state index in [-0.39, 0.29) is 18.4 Å². The minimum absolute atomic E-state index is 0.0677. The molecule has 0 bridgehead atoms. The molecule has 0 aromatic heterocycles. The van der Waals surface area contributed by atoms with E-state index in [4.69, 9.17) is 4.74 Å². The van der Waals surface area contributed by atoms with E-state index in [0.717, 1.165) is 37.2 Å². The minimum atomic E-state index is -0.186. The highest BCUT2D eigenvalue weighted by atomic mass is 16.5. The van der Waals surface area contributed by atoms with Crippen LogP contribution in [-0.4, -0.2) is 43.0 Å². The Hall–Kier alpha value is -3.28. The van der Waals surface area contributed by atoms with Crippen molar-refractivity contribution in [1.82, 2.24) is 4.90 Å². The highest BCUT2D eigenvalue weighted by molar-refractivity contribution is 5.96. The van der Waals surface area contributed by atoms with Crippen LogP contribution in [0.2, 0.25) is 0 Å². The van der Waals surface area contributed by atoms with Crippen LogP contribution in [0.1, 0.15) is 30.1 Å². The average Bonchev–Trinajstić information content (AvgIpc) is 3.26. The van der Waals surface area contributed by atoms with E-state index >= 15 is 0 Å². The molecule has 0 saturated carbocycles. The van der Waals surface area contributed by atoms with Crippen LogP contribution < -0.4 is 15.4 Å². The van der Waals surface area contributed by atoms with Gasteiger partial charge in [0.05, 0.1) is 12.2 Å². The van der Waals surface area contributed by atoms with Gasteiger partial charge in [0, 0.05) is 24.3 Å². The Morgan fingerprint density at radius 3 is 2.45 bits per heavy atom. The largest absolute Gasteiger partial charge is 0.487 e. The molecule has 0 radical (unpaired) electrons. The van der Waals surface area contributed by atoms with E-state index in [2.05, 4.69) is 17.2 Å². The van der Waals surface area contributed by atoms with E-state index in [1.54, 1.807) is 18.2 Å². The number of carbonyl (C=O) groups excluding carboxylic acids is 2. The van der Waals surface area contributed by atoms with Crippen molar-refractivity contribution in [2.75, 3.05) is 36.9 Å². The minimum Gasteiger partial charge on any atom is -0.487 e. The summed E-state index contributed by atoms with van der Waals surface area (Å²) in [5, 5.41) is 5.93. The first-order chi connectivity index (χ1) is 14.0. The van der Waals surface area contributed by atoms with Crippen LogP contribution in [0.5, 0.6) is 5.75 Å². The molecule has 0 spiro atoms. The molecule has 6 nitrogen and oxygen atoms in total. The van der Waals surface area contributed by atoms with Gasteiger partial charge in [-0.3, -0.25) is 9.59 Å². The summed E-state index contributed by atoms with van der Waals surface area (Å²) in [6.07, 6.45) is 2.14. The number of rotatable bonds is 8. The molecule has 0 unspecified atom stereocenters. The number of anilines is 2. The molecule has 152 valence electrons. The summed E-state index contributed by atoms with van der Waals surface area (Å²) in [5.41, 5.74) is 2.97. The Labute approximate surface area is 171 Å². The van der Waals surface area contributed by atoms with E-state index in [1.807, 2.05) is 42.2 Å². The van der Waals surface area contributed by atoms with Gasteiger partial charge in [-0.05, 0) is 61.7 Å². The smallest absolute Gasteiger partial charge is 0.253 e. The maximum Gasteiger partial charge on any atom is 0.253 e. The van der Waals surface area contributed by atoms with Crippen molar-refractivity contribution in [3.8, 4) is 5.75 Å². The Kier molecular flexibility index (Phi) is 6.89. The molecule has 0 aliphatic carbocycles. The topological polar surface area (TPSA) is 70.7 Å². The van der Waals surface area contributed by atoms with Crippen molar-refractivity contribution in [3.05, 3.63) is 66.2 Å². The third kappa shape index (κ3) is 5.85. The van der Waals surface area contributed by atoms with Crippen LogP contribution >= 0.6 is 0 Å². The van der Waals surface area contributed by atoms with Crippen molar-refractivity contribution < 1.29 is 14.3 Å². The zero-order valence-electron chi connectivity index (χ0n) is 16.7. The summed E-state index contributed by atoms with van der Waals surface area (Å²) < 4.78 is 5.67. The number of ether oxygens (including phenoxy) is 1. The molecule has 6 heteroatoms. The van der Waals surface area contributed by atoms with E-state index in [9.17, 15) is 9.59 Å². The van der Waals surface area contributed by atoms with Gasteiger partial charge in [-0.2, -0.15) is 0 Å². The SMILES string of the molecule is C=C(C)COc1ccccc1NC(=O)CNc1ccc(C(=O)N2CCCC2)cc1. The molecule has 1 fully saturated rings. The molecule has 2 amide bonds. The normalized spacial score (nSPS) is 13.1. The number of likely N-dealkylation sites (tertiary alicyclic amines) is 1. The molecule has 2 aromatic rings. The molecule has 3 rings (SSSR count). The lowest BCUT2D eigenvalue weighted by atomic mass is 10.2. The average molecular weight is 393 g/mol. The van der Waals surface area contributed by atoms with E-state index in [1.165, 1.54) is 0 Å². The maximum atomic E-state index is 12.4. The number of nitrogens with zero attached hydrogens (tertiary/aromatic N) is 1. The fourth-order valence-electron chi connectivity index (χ4n) is 3.11. The highest BCUT2D eigenvalue weighted by Gasteiger charge is 2.19. The highest BCUT2D eigenvalue weighted by Crippen LogP contribution is 2.24. The predicted octanol–water partition coefficient (Wildman–Crippen LogP) is 3.93. The van der Waals surface area contributed by atoms with Crippen molar-refractivity contribution in [3.63, 3.8) is 0 Å². The number of carbonyl (C=O) groups is 2. The summed E-state index contributed by atoms with van der Waals surface area (Å²) in [4.78, 5) is 26.6. The van der Waals surface area contributed by atoms with Crippen molar-refractivity contribution in [2.45, 2.75) is 19.8 Å². The van der Waals surface area contributed by atoms with E-state index < -0.39 is 0 Å². The predicted molar refractivity (Wildman–Crippen MR) is 115 cm³/mol. The van der Waals surface area contributed by atoms with Crippen molar-refractivity contribution >= 4 is 23.2 Å². The van der Waals surface area contributed by atoms with Crippen molar-refractivity contribution in [2.24, 2.45) is 0 Å². The van der Waals surface area contributed by atoms with Crippen LogP contribution in [-0.2, 0) is 4.79 Å². The Morgan fingerprint density at radius 1 is 1.07 bits per heavy atom. The number of nitrogens with one attached hydrogen (secondary N) is 2. The van der Waals surface area contributed by atoms with Crippen LogP contribution in [0.15, 0.2) is 60.7 Å². The summed E-state index contributed by atoms with van der Waals surface area (Å²) in [6, 6.07) is 14.5. The summed E-state index contributed by atoms with van der Waals surface area (Å²) in [7, 11) is 0. The number of amides is 2. The lowest BCUT2D eigenvalue weighted by Crippen LogP contribution is -2.27. The van der Waals surface area contributed by atoms with Crippen molar-refractivity contribution in [1.29, 1.82) is 0 Å². The number of benzene rings is 2. The van der Waals surface area contributed by atoms with Gasteiger partial charge in [-0.15, -0.1) is 0 Å². The fraction of sp³-hybridized carbons (Fsp3) is 0.304. The van der Waals surface area contributed by atoms with Gasteiger partial charge in [0.25, 0.3) is 5.91 Å². The molecule has 1 aliphatic heterocycles. The molecule has 0 atom stereocenters. The van der Waals surface area contributed by atoms with Crippen LogP contribution in [0.3, 0.4) is 0 Å². The number of para-hydroxylation sites is 2. The molecule has 1 heterocycles. The van der Waals surface area contributed by atoms with E-state index in [0.29, 0.717) is 23.6 Å². The van der Waals surface area contributed by atoms with Gasteiger partial charge in [-0.25, -0.2) is 0 Å². The molecule has 29 heavy (non-hydrogen) atoms. The second-order valence-corrected chi connectivity index (χ2v) is 7.22. The molecule has 2 N–H and O–H groups in total. The standard InChI is InChI=1S/C23H27N3O3/c1-17(2)16-29-21-8-4-3-7-20(21)25-22(27)15-24-19-11-9-18(10-12-19)23(28)26-13-5-6-14-26/h3-4,7-12,24H,1,5-6,13-16H2,2H3,(H,25,27). The van der Waals surface area contributed by atoms with Gasteiger partial charge >= 0.3 is 0 Å². The molecular formula is C23H27N3O3. The zero-order valence-corrected chi connectivity index (χ0v) is 16.7. The molecular weight excluding hydrogens is 366 g/mol. The second kappa shape index (κ2) is 9.78. The lowest BCUT2D eigenvalue weighted by molar-refractivity contribution is -0.114. The van der Waals surface area contributed by atoms with Gasteiger partial charge in [0.1, 0.15) is 12.4 Å². The zero-order chi connectivity index (χ0) is 20.6. The van der Waals surface area contributed by atoms with Crippen LogP contribution in [0, 0.1) is 0 Å². The Morgan fingerprint density at radius 2 is 1.76 bits per heavy atom. The second-order valence-electron chi connectivity index (χ2n) is 7.22. The van der Waals surface area contributed by atoms with Gasteiger partial charge in [0.2, 0.25) is 5.91 Å².